The van der Waals surface area contributed by atoms with Gasteiger partial charge in [-0.1, -0.05) is 41.5 Å². The maximum absolute atomic E-state index is 12.6. The predicted octanol–water partition coefficient (Wildman–Crippen LogP) is 6.71. The minimum absolute atomic E-state index is 0.0437. The fraction of sp³-hybridized carbons (Fsp3) is 0.929. The van der Waals surface area contributed by atoms with Gasteiger partial charge >= 0.3 is 11.9 Å². The molecule has 218 valence electrons. The summed E-state index contributed by atoms with van der Waals surface area (Å²) in [6, 6.07) is 0. The number of ether oxygens (including phenoxy) is 3. The van der Waals surface area contributed by atoms with Crippen LogP contribution in [0.1, 0.15) is 83.1 Å². The summed E-state index contributed by atoms with van der Waals surface area (Å²) < 4.78 is 31.8. The highest BCUT2D eigenvalue weighted by atomic mass is 28.4. The van der Waals surface area contributed by atoms with E-state index < -0.39 is 51.9 Å². The molecule has 0 spiro atoms. The van der Waals surface area contributed by atoms with Crippen molar-refractivity contribution in [3.8, 4) is 0 Å². The lowest BCUT2D eigenvalue weighted by Crippen LogP contribution is -2.55. The quantitative estimate of drug-likeness (QED) is 0.241. The van der Waals surface area contributed by atoms with Crippen LogP contribution in [0.5, 0.6) is 0 Å². The number of rotatable bonds is 8. The van der Waals surface area contributed by atoms with Crippen molar-refractivity contribution in [1.29, 1.82) is 0 Å². The summed E-state index contributed by atoms with van der Waals surface area (Å²) in [4.78, 5) is 25.2. The topological polar surface area (TPSA) is 80.3 Å². The van der Waals surface area contributed by atoms with Crippen LogP contribution in [0.4, 0.5) is 0 Å². The average Bonchev–Trinajstić information content (AvgIpc) is 2.96. The lowest BCUT2D eigenvalue weighted by molar-refractivity contribution is -0.161. The van der Waals surface area contributed by atoms with Crippen LogP contribution in [0.15, 0.2) is 0 Å². The van der Waals surface area contributed by atoms with E-state index in [0.29, 0.717) is 0 Å². The SMILES string of the molecule is CC(C)(C)C(=O)OC[C@H]1O[C@H](COC(=O)C(C)(C)C)[C@@H](O[Si](C)(C)C(C)(C)C)[C@@H]1O[Si](C)(C)C(C)(C)C. The van der Waals surface area contributed by atoms with Crippen molar-refractivity contribution in [2.45, 2.75) is 144 Å². The summed E-state index contributed by atoms with van der Waals surface area (Å²) in [6.45, 7) is 33.0. The molecule has 1 aliphatic rings. The van der Waals surface area contributed by atoms with Crippen molar-refractivity contribution < 1.29 is 32.7 Å². The highest BCUT2D eigenvalue weighted by Crippen LogP contribution is 2.44. The molecule has 7 nitrogen and oxygen atoms in total. The summed E-state index contributed by atoms with van der Waals surface area (Å²) in [5, 5.41) is -0.0874. The van der Waals surface area contributed by atoms with Gasteiger partial charge in [-0.2, -0.15) is 0 Å². The summed E-state index contributed by atoms with van der Waals surface area (Å²) in [5.41, 5.74) is -1.26. The summed E-state index contributed by atoms with van der Waals surface area (Å²) in [7, 11) is -4.53. The van der Waals surface area contributed by atoms with Crippen LogP contribution in [0.2, 0.25) is 36.3 Å². The Balaban J connectivity index is 3.44. The van der Waals surface area contributed by atoms with E-state index in [1.165, 1.54) is 0 Å². The molecule has 4 atom stereocenters. The summed E-state index contributed by atoms with van der Waals surface area (Å²) >= 11 is 0. The molecular formula is C28H56O7Si2. The Morgan fingerprint density at radius 2 is 0.865 bits per heavy atom. The first-order chi connectivity index (χ1) is 16.2. The van der Waals surface area contributed by atoms with Gasteiger partial charge in [-0.25, -0.2) is 0 Å². The van der Waals surface area contributed by atoms with Crippen LogP contribution in [0.25, 0.3) is 0 Å². The van der Waals surface area contributed by atoms with E-state index in [1.54, 1.807) is 0 Å². The van der Waals surface area contributed by atoms with Crippen molar-refractivity contribution >= 4 is 28.6 Å². The first-order valence-corrected chi connectivity index (χ1v) is 19.4. The van der Waals surface area contributed by atoms with Gasteiger partial charge in [0.2, 0.25) is 0 Å². The standard InChI is InChI=1S/C28H56O7Si2/c1-25(2,3)23(29)31-17-19-21(34-36(13,14)27(7,8)9)22(35-37(15,16)28(10,11)12)20(33-19)18-32-24(30)26(4,5)6/h19-22H,17-18H2,1-16H3/t19-,20-,21-,22-/m1/s1. The summed E-state index contributed by atoms with van der Waals surface area (Å²) in [6.07, 6.45) is -1.98. The van der Waals surface area contributed by atoms with Gasteiger partial charge in [-0.3, -0.25) is 9.59 Å². The van der Waals surface area contributed by atoms with E-state index in [2.05, 4.69) is 67.7 Å². The van der Waals surface area contributed by atoms with Crippen molar-refractivity contribution in [3.63, 3.8) is 0 Å². The fourth-order valence-electron chi connectivity index (χ4n) is 3.14. The van der Waals surface area contributed by atoms with Gasteiger partial charge in [0, 0.05) is 0 Å². The Hall–Kier alpha value is -0.746. The molecular weight excluding hydrogens is 504 g/mol. The third-order valence-corrected chi connectivity index (χ3v) is 16.8. The molecule has 1 aliphatic heterocycles. The van der Waals surface area contributed by atoms with Crippen LogP contribution in [0, 0.1) is 10.8 Å². The Labute approximate surface area is 228 Å². The van der Waals surface area contributed by atoms with Crippen molar-refractivity contribution in [3.05, 3.63) is 0 Å². The van der Waals surface area contributed by atoms with Gasteiger partial charge in [0.05, 0.1) is 10.8 Å². The Morgan fingerprint density at radius 1 is 0.595 bits per heavy atom. The normalized spacial score (nSPS) is 24.2. The molecule has 1 saturated heterocycles. The lowest BCUT2D eigenvalue weighted by atomic mass is 9.97. The molecule has 0 N–H and O–H groups in total. The number of hydrogen-bond donors (Lipinski definition) is 0. The van der Waals surface area contributed by atoms with Crippen LogP contribution < -0.4 is 0 Å². The highest BCUT2D eigenvalue weighted by molar-refractivity contribution is 6.74. The Bertz CT molecular complexity index is 729. The predicted molar refractivity (Wildman–Crippen MR) is 154 cm³/mol. The Kier molecular flexibility index (Phi) is 10.6. The summed E-state index contributed by atoms with van der Waals surface area (Å²) in [5.74, 6) is -0.599. The molecule has 0 amide bonds. The largest absolute Gasteiger partial charge is 0.462 e. The Morgan fingerprint density at radius 3 is 1.08 bits per heavy atom. The van der Waals surface area contributed by atoms with Gasteiger partial charge in [0.15, 0.2) is 16.6 Å². The van der Waals surface area contributed by atoms with Crippen LogP contribution in [-0.2, 0) is 32.7 Å². The maximum Gasteiger partial charge on any atom is 0.311 e. The molecule has 0 unspecified atom stereocenters. The van der Waals surface area contributed by atoms with E-state index in [1.807, 2.05) is 41.5 Å². The van der Waals surface area contributed by atoms with E-state index in [0.717, 1.165) is 0 Å². The first-order valence-electron chi connectivity index (χ1n) is 13.6. The molecule has 0 aromatic rings. The second-order valence-electron chi connectivity index (χ2n) is 15.6. The van der Waals surface area contributed by atoms with Gasteiger partial charge in [0.1, 0.15) is 37.6 Å². The molecule has 1 fully saturated rings. The number of carbonyl (C=O) groups excluding carboxylic acids is 2. The molecule has 0 aromatic heterocycles. The zero-order valence-corrected chi connectivity index (χ0v) is 28.6. The molecule has 9 heteroatoms. The maximum atomic E-state index is 12.6. The third-order valence-electron chi connectivity index (χ3n) is 7.86. The highest BCUT2D eigenvalue weighted by Gasteiger charge is 2.54. The van der Waals surface area contributed by atoms with E-state index >= 15 is 0 Å². The fourth-order valence-corrected chi connectivity index (χ4v) is 5.78. The zero-order valence-electron chi connectivity index (χ0n) is 26.6. The van der Waals surface area contributed by atoms with Crippen molar-refractivity contribution in [2.24, 2.45) is 10.8 Å². The molecule has 0 saturated carbocycles. The molecule has 0 aliphatic carbocycles. The van der Waals surface area contributed by atoms with E-state index in [-0.39, 0.29) is 35.2 Å². The minimum atomic E-state index is -2.26. The van der Waals surface area contributed by atoms with Crippen molar-refractivity contribution in [1.82, 2.24) is 0 Å². The number of esters is 2. The number of carbonyl (C=O) groups is 2. The molecule has 1 rings (SSSR count). The second-order valence-corrected chi connectivity index (χ2v) is 25.1. The van der Waals surface area contributed by atoms with Gasteiger partial charge in [-0.15, -0.1) is 0 Å². The third kappa shape index (κ3) is 9.16. The first kappa shape index (κ1) is 34.3. The van der Waals surface area contributed by atoms with Gasteiger partial charge in [-0.05, 0) is 77.8 Å². The van der Waals surface area contributed by atoms with Gasteiger partial charge < -0.3 is 23.1 Å². The van der Waals surface area contributed by atoms with E-state index in [4.69, 9.17) is 23.1 Å². The van der Waals surface area contributed by atoms with Crippen LogP contribution in [0.3, 0.4) is 0 Å². The molecule has 0 bridgehead atoms. The minimum Gasteiger partial charge on any atom is -0.462 e. The van der Waals surface area contributed by atoms with Crippen LogP contribution in [-0.4, -0.2) is 66.2 Å². The zero-order chi connectivity index (χ0) is 29.4. The lowest BCUT2D eigenvalue weighted by Gasteiger charge is -2.44. The number of hydrogen-bond acceptors (Lipinski definition) is 7. The average molecular weight is 561 g/mol. The van der Waals surface area contributed by atoms with Crippen LogP contribution >= 0.6 is 0 Å². The van der Waals surface area contributed by atoms with Gasteiger partial charge in [0.25, 0.3) is 0 Å². The van der Waals surface area contributed by atoms with Crippen molar-refractivity contribution in [2.75, 3.05) is 13.2 Å². The molecule has 1 heterocycles. The molecule has 0 radical (unpaired) electrons. The molecule has 37 heavy (non-hydrogen) atoms. The van der Waals surface area contributed by atoms with E-state index in [9.17, 15) is 9.59 Å². The monoisotopic (exact) mass is 560 g/mol. The smallest absolute Gasteiger partial charge is 0.311 e. The molecule has 0 aromatic carbocycles. The second kappa shape index (κ2) is 11.4.